The number of hydrogen-bond acceptors (Lipinski definition) is 2. The molecule has 0 radical (unpaired) electrons. The molecule has 0 atom stereocenters. The summed E-state index contributed by atoms with van der Waals surface area (Å²) < 4.78 is 30.0. The van der Waals surface area contributed by atoms with Gasteiger partial charge in [0.1, 0.15) is 11.6 Å². The van der Waals surface area contributed by atoms with E-state index in [1.165, 1.54) is 12.1 Å². The Kier molecular flexibility index (Phi) is 3.91. The van der Waals surface area contributed by atoms with Crippen LogP contribution in [0.25, 0.3) is 11.4 Å². The van der Waals surface area contributed by atoms with Crippen LogP contribution in [0.1, 0.15) is 13.3 Å². The fourth-order valence-electron chi connectivity index (χ4n) is 1.70. The van der Waals surface area contributed by atoms with E-state index >= 15 is 0 Å². The normalized spacial score (nSPS) is 10.9. The van der Waals surface area contributed by atoms with Gasteiger partial charge in [0, 0.05) is 11.0 Å². The summed E-state index contributed by atoms with van der Waals surface area (Å²) in [6.07, 6.45) is 0.792. The molecule has 1 aromatic carbocycles. The van der Waals surface area contributed by atoms with Crippen LogP contribution in [0, 0.1) is 16.4 Å². The third-order valence-electron chi connectivity index (χ3n) is 2.44. The molecule has 2 aromatic rings. The molecule has 0 saturated heterocycles. The summed E-state index contributed by atoms with van der Waals surface area (Å²) in [6.45, 7) is 2.51. The van der Waals surface area contributed by atoms with Gasteiger partial charge in [-0.3, -0.25) is 5.10 Å². The first-order valence-electron chi connectivity index (χ1n) is 5.34. The minimum Gasteiger partial charge on any atom is -0.300 e. The molecule has 7 heteroatoms. The molecule has 0 unspecified atom stereocenters. The van der Waals surface area contributed by atoms with E-state index in [1.54, 1.807) is 4.57 Å². The Morgan fingerprint density at radius 3 is 2.56 bits per heavy atom. The van der Waals surface area contributed by atoms with Crippen LogP contribution >= 0.6 is 28.1 Å². The van der Waals surface area contributed by atoms with Crippen molar-refractivity contribution in [3.8, 4) is 11.4 Å². The summed E-state index contributed by atoms with van der Waals surface area (Å²) >= 11 is 8.08. The van der Waals surface area contributed by atoms with E-state index in [-0.39, 0.29) is 11.4 Å². The van der Waals surface area contributed by atoms with Crippen molar-refractivity contribution >= 4 is 28.1 Å². The molecule has 0 aliphatic carbocycles. The molecule has 0 fully saturated rings. The Morgan fingerprint density at radius 2 is 2.00 bits per heavy atom. The predicted molar refractivity (Wildman–Crippen MR) is 70.8 cm³/mol. The monoisotopic (exact) mass is 333 g/mol. The van der Waals surface area contributed by atoms with E-state index in [0.29, 0.717) is 15.8 Å². The van der Waals surface area contributed by atoms with Crippen LogP contribution < -0.4 is 0 Å². The van der Waals surface area contributed by atoms with Crippen molar-refractivity contribution in [2.75, 3.05) is 0 Å². The summed E-state index contributed by atoms with van der Waals surface area (Å²) in [5, 5.41) is 6.47. The highest BCUT2D eigenvalue weighted by molar-refractivity contribution is 9.10. The smallest absolute Gasteiger partial charge is 0.195 e. The maximum atomic E-state index is 13.9. The molecule has 3 nitrogen and oxygen atoms in total. The van der Waals surface area contributed by atoms with Crippen molar-refractivity contribution < 1.29 is 8.78 Å². The number of H-pyrrole nitrogens is 1. The lowest BCUT2D eigenvalue weighted by Gasteiger charge is -2.07. The topological polar surface area (TPSA) is 33.6 Å². The van der Waals surface area contributed by atoms with Crippen LogP contribution in [0.5, 0.6) is 0 Å². The van der Waals surface area contributed by atoms with Crippen molar-refractivity contribution in [1.29, 1.82) is 0 Å². The molecule has 18 heavy (non-hydrogen) atoms. The average molecular weight is 334 g/mol. The first-order valence-corrected chi connectivity index (χ1v) is 6.54. The van der Waals surface area contributed by atoms with E-state index in [1.807, 2.05) is 6.92 Å². The summed E-state index contributed by atoms with van der Waals surface area (Å²) in [6, 6.07) is 2.40. The zero-order valence-corrected chi connectivity index (χ0v) is 11.9. The van der Waals surface area contributed by atoms with E-state index in [4.69, 9.17) is 12.2 Å². The maximum absolute atomic E-state index is 13.9. The average Bonchev–Trinajstić information content (AvgIpc) is 2.61. The fraction of sp³-hybridized carbons (Fsp3) is 0.273. The van der Waals surface area contributed by atoms with Gasteiger partial charge in [-0.05, 0) is 30.8 Å². The molecule has 0 aliphatic rings. The van der Waals surface area contributed by atoms with E-state index < -0.39 is 11.6 Å². The highest BCUT2D eigenvalue weighted by Gasteiger charge is 2.18. The molecule has 0 bridgehead atoms. The van der Waals surface area contributed by atoms with Gasteiger partial charge in [0.25, 0.3) is 0 Å². The second kappa shape index (κ2) is 5.27. The van der Waals surface area contributed by atoms with Gasteiger partial charge in [-0.2, -0.15) is 5.10 Å². The van der Waals surface area contributed by atoms with Gasteiger partial charge < -0.3 is 4.57 Å². The zero-order chi connectivity index (χ0) is 13.3. The minimum absolute atomic E-state index is 0.168. The van der Waals surface area contributed by atoms with Crippen LogP contribution in [-0.4, -0.2) is 14.8 Å². The molecule has 0 saturated carbocycles. The molecule has 0 spiro atoms. The second-order valence-electron chi connectivity index (χ2n) is 3.75. The zero-order valence-electron chi connectivity index (χ0n) is 9.51. The first-order chi connectivity index (χ1) is 8.54. The van der Waals surface area contributed by atoms with Gasteiger partial charge in [-0.25, -0.2) is 8.78 Å². The van der Waals surface area contributed by atoms with Crippen molar-refractivity contribution in [3.05, 3.63) is 33.0 Å². The van der Waals surface area contributed by atoms with Crippen LogP contribution in [0.4, 0.5) is 8.78 Å². The molecule has 2 rings (SSSR count). The number of nitrogens with one attached hydrogen (secondary N) is 1. The highest BCUT2D eigenvalue weighted by atomic mass is 79.9. The van der Waals surface area contributed by atoms with Gasteiger partial charge in [-0.1, -0.05) is 22.9 Å². The summed E-state index contributed by atoms with van der Waals surface area (Å²) in [4.78, 5) is 0. The molecular weight excluding hydrogens is 324 g/mol. The predicted octanol–water partition coefficient (Wildman–Crippen LogP) is 4.06. The molecule has 96 valence electrons. The van der Waals surface area contributed by atoms with E-state index in [0.717, 1.165) is 6.42 Å². The molecule has 1 N–H and O–H groups in total. The summed E-state index contributed by atoms with van der Waals surface area (Å²) in [5.41, 5.74) is -0.168. The Bertz CT molecular complexity index is 612. The summed E-state index contributed by atoms with van der Waals surface area (Å²) in [7, 11) is 0. The number of nitrogens with zero attached hydrogens (tertiary/aromatic N) is 2. The number of rotatable bonds is 3. The quantitative estimate of drug-likeness (QED) is 0.859. The lowest BCUT2D eigenvalue weighted by molar-refractivity contribution is 0.580. The van der Waals surface area contributed by atoms with Crippen LogP contribution in [0.2, 0.25) is 0 Å². The number of aromatic amines is 1. The Balaban J connectivity index is 2.66. The molecule has 0 amide bonds. The van der Waals surface area contributed by atoms with Crippen molar-refractivity contribution in [3.63, 3.8) is 0 Å². The highest BCUT2D eigenvalue weighted by Crippen LogP contribution is 2.27. The Hall–Kier alpha value is -1.08. The Labute approximate surface area is 116 Å². The van der Waals surface area contributed by atoms with Crippen LogP contribution in [0.15, 0.2) is 16.6 Å². The fourth-order valence-corrected chi connectivity index (χ4v) is 2.32. The lowest BCUT2D eigenvalue weighted by atomic mass is 10.2. The Morgan fingerprint density at radius 1 is 1.39 bits per heavy atom. The number of benzene rings is 1. The third kappa shape index (κ3) is 2.37. The molecular formula is C11H10BrF2N3S. The lowest BCUT2D eigenvalue weighted by Crippen LogP contribution is -2.03. The van der Waals surface area contributed by atoms with Crippen LogP contribution in [-0.2, 0) is 6.54 Å². The van der Waals surface area contributed by atoms with Gasteiger partial charge in [0.05, 0.1) is 5.56 Å². The maximum Gasteiger partial charge on any atom is 0.195 e. The standard InChI is InChI=1S/C11H10BrF2N3S/c1-2-3-17-10(15-16-11(17)18)9-7(13)4-6(12)5-8(9)14/h4-5H,2-3H2,1H3,(H,16,18). The molecule has 1 aromatic heterocycles. The van der Waals surface area contributed by atoms with Crippen molar-refractivity contribution in [2.24, 2.45) is 0 Å². The van der Waals surface area contributed by atoms with E-state index in [9.17, 15) is 8.78 Å². The number of hydrogen-bond donors (Lipinski definition) is 1. The van der Waals surface area contributed by atoms with Gasteiger partial charge in [0.2, 0.25) is 0 Å². The number of halogens is 3. The van der Waals surface area contributed by atoms with Gasteiger partial charge in [-0.15, -0.1) is 0 Å². The molecule has 1 heterocycles. The third-order valence-corrected chi connectivity index (χ3v) is 3.21. The minimum atomic E-state index is -0.673. The summed E-state index contributed by atoms with van der Waals surface area (Å²) in [5.74, 6) is -1.16. The van der Waals surface area contributed by atoms with E-state index in [2.05, 4.69) is 26.1 Å². The number of aromatic nitrogens is 3. The van der Waals surface area contributed by atoms with Gasteiger partial charge in [0.15, 0.2) is 10.6 Å². The van der Waals surface area contributed by atoms with Gasteiger partial charge >= 0.3 is 0 Å². The van der Waals surface area contributed by atoms with Crippen LogP contribution in [0.3, 0.4) is 0 Å². The SMILES string of the molecule is CCCn1c(-c2c(F)cc(Br)cc2F)n[nH]c1=S. The largest absolute Gasteiger partial charge is 0.300 e. The van der Waals surface area contributed by atoms with Crippen molar-refractivity contribution in [2.45, 2.75) is 19.9 Å². The second-order valence-corrected chi connectivity index (χ2v) is 5.05. The first kappa shape index (κ1) is 13.4. The van der Waals surface area contributed by atoms with Crippen molar-refractivity contribution in [1.82, 2.24) is 14.8 Å². The molecule has 0 aliphatic heterocycles.